The van der Waals surface area contributed by atoms with Crippen LogP contribution in [0.1, 0.15) is 39.2 Å². The van der Waals surface area contributed by atoms with Gasteiger partial charge < -0.3 is 15.1 Å². The van der Waals surface area contributed by atoms with Crippen LogP contribution in [0.4, 0.5) is 22.7 Å². The molecule has 2 heterocycles. The van der Waals surface area contributed by atoms with Crippen LogP contribution in [0.5, 0.6) is 0 Å². The van der Waals surface area contributed by atoms with Crippen molar-refractivity contribution in [2.24, 2.45) is 5.92 Å². The van der Waals surface area contributed by atoms with Gasteiger partial charge in [-0.2, -0.15) is 0 Å². The summed E-state index contributed by atoms with van der Waals surface area (Å²) in [7, 11) is 1.85. The highest BCUT2D eigenvalue weighted by Gasteiger charge is 2.42. The van der Waals surface area contributed by atoms with Crippen LogP contribution in [0.15, 0.2) is 42.5 Å². The van der Waals surface area contributed by atoms with Crippen LogP contribution in [-0.2, 0) is 10.2 Å². The van der Waals surface area contributed by atoms with Gasteiger partial charge in [0.1, 0.15) is 0 Å². The predicted octanol–water partition coefficient (Wildman–Crippen LogP) is 4.92. The largest absolute Gasteiger partial charge is 0.372 e. The highest BCUT2D eigenvalue weighted by Crippen LogP contribution is 2.42. The van der Waals surface area contributed by atoms with E-state index < -0.39 is 5.41 Å². The fraction of sp³-hybridized carbons (Fsp3) is 0.435. The maximum absolute atomic E-state index is 12.5. The van der Waals surface area contributed by atoms with E-state index in [9.17, 15) is 4.79 Å². The van der Waals surface area contributed by atoms with E-state index in [0.29, 0.717) is 0 Å². The molecule has 0 atom stereocenters. The molecule has 2 aromatic carbocycles. The van der Waals surface area contributed by atoms with Crippen molar-refractivity contribution in [2.45, 2.75) is 39.0 Å². The molecule has 142 valence electrons. The van der Waals surface area contributed by atoms with E-state index >= 15 is 0 Å². The van der Waals surface area contributed by atoms with Crippen molar-refractivity contribution in [2.75, 3.05) is 35.3 Å². The molecule has 1 saturated heterocycles. The number of fused-ring (bicyclic) bond motifs is 1. The van der Waals surface area contributed by atoms with Gasteiger partial charge in [-0.25, -0.2) is 0 Å². The lowest BCUT2D eigenvalue weighted by Crippen LogP contribution is -2.33. The molecule has 2 aliphatic rings. The molecule has 2 aromatic rings. The first-order chi connectivity index (χ1) is 12.9. The van der Waals surface area contributed by atoms with Gasteiger partial charge in [-0.15, -0.1) is 0 Å². The van der Waals surface area contributed by atoms with Gasteiger partial charge in [0.2, 0.25) is 5.91 Å². The number of rotatable bonds is 3. The van der Waals surface area contributed by atoms with Crippen LogP contribution in [0.2, 0.25) is 0 Å². The van der Waals surface area contributed by atoms with Gasteiger partial charge >= 0.3 is 0 Å². The number of nitrogens with zero attached hydrogens (tertiary/aromatic N) is 2. The molecule has 1 amide bonds. The number of piperidine rings is 1. The lowest BCUT2D eigenvalue weighted by atomic mass is 9.86. The van der Waals surface area contributed by atoms with Crippen LogP contribution in [-0.4, -0.2) is 26.0 Å². The Morgan fingerprint density at radius 2 is 1.63 bits per heavy atom. The Hall–Kier alpha value is -2.49. The van der Waals surface area contributed by atoms with Crippen molar-refractivity contribution in [1.82, 2.24) is 0 Å². The average Bonchev–Trinajstić information content (AvgIpc) is 2.84. The zero-order chi connectivity index (χ0) is 19.2. The molecule has 0 spiro atoms. The van der Waals surface area contributed by atoms with Crippen molar-refractivity contribution in [3.05, 3.63) is 48.0 Å². The van der Waals surface area contributed by atoms with Gasteiger partial charge in [0, 0.05) is 42.9 Å². The molecule has 0 saturated carbocycles. The minimum Gasteiger partial charge on any atom is -0.372 e. The van der Waals surface area contributed by atoms with Gasteiger partial charge in [-0.3, -0.25) is 4.79 Å². The fourth-order valence-electron chi connectivity index (χ4n) is 4.24. The zero-order valence-corrected chi connectivity index (χ0v) is 16.7. The third-order valence-corrected chi connectivity index (χ3v) is 6.18. The fourth-order valence-corrected chi connectivity index (χ4v) is 4.24. The SMILES string of the molecule is CC1CCN(c2ccc(Nc3ccc4c(c3)C(C)(C)C(=O)N4C)cc2)CC1. The van der Waals surface area contributed by atoms with Crippen molar-refractivity contribution in [3.8, 4) is 0 Å². The normalized spacial score (nSPS) is 19.3. The van der Waals surface area contributed by atoms with E-state index in [1.165, 1.54) is 18.5 Å². The Bertz CT molecular complexity index is 848. The first-order valence-corrected chi connectivity index (χ1v) is 9.91. The summed E-state index contributed by atoms with van der Waals surface area (Å²) in [4.78, 5) is 16.7. The number of carbonyl (C=O) groups excluding carboxylic acids is 1. The second-order valence-corrected chi connectivity index (χ2v) is 8.56. The second kappa shape index (κ2) is 6.59. The minimum atomic E-state index is -0.475. The molecule has 0 unspecified atom stereocenters. The van der Waals surface area contributed by atoms with Crippen molar-refractivity contribution in [1.29, 1.82) is 0 Å². The van der Waals surface area contributed by atoms with Gasteiger partial charge in [0.25, 0.3) is 0 Å². The van der Waals surface area contributed by atoms with E-state index in [0.717, 1.165) is 41.6 Å². The number of hydrogen-bond acceptors (Lipinski definition) is 3. The van der Waals surface area contributed by atoms with Gasteiger partial charge in [0.15, 0.2) is 0 Å². The lowest BCUT2D eigenvalue weighted by Gasteiger charge is -2.32. The van der Waals surface area contributed by atoms with Crippen molar-refractivity contribution < 1.29 is 4.79 Å². The number of nitrogens with one attached hydrogen (secondary N) is 1. The topological polar surface area (TPSA) is 35.6 Å². The monoisotopic (exact) mass is 363 g/mol. The average molecular weight is 364 g/mol. The number of anilines is 4. The molecule has 0 bridgehead atoms. The molecule has 0 aliphatic carbocycles. The molecule has 0 radical (unpaired) electrons. The van der Waals surface area contributed by atoms with Crippen LogP contribution in [0.25, 0.3) is 0 Å². The number of amides is 1. The van der Waals surface area contributed by atoms with Gasteiger partial charge in [-0.1, -0.05) is 6.92 Å². The summed E-state index contributed by atoms with van der Waals surface area (Å²) >= 11 is 0. The first-order valence-electron chi connectivity index (χ1n) is 9.91. The Morgan fingerprint density at radius 1 is 1.00 bits per heavy atom. The molecule has 1 N–H and O–H groups in total. The summed E-state index contributed by atoms with van der Waals surface area (Å²) in [6.07, 6.45) is 2.55. The molecular weight excluding hydrogens is 334 g/mol. The van der Waals surface area contributed by atoms with E-state index in [1.807, 2.05) is 33.0 Å². The Balaban J connectivity index is 1.50. The van der Waals surface area contributed by atoms with E-state index in [1.54, 1.807) is 4.90 Å². The lowest BCUT2D eigenvalue weighted by molar-refractivity contribution is -0.121. The number of carbonyl (C=O) groups is 1. The quantitative estimate of drug-likeness (QED) is 0.841. The predicted molar refractivity (Wildman–Crippen MR) is 113 cm³/mol. The molecule has 27 heavy (non-hydrogen) atoms. The van der Waals surface area contributed by atoms with Crippen LogP contribution in [0.3, 0.4) is 0 Å². The van der Waals surface area contributed by atoms with E-state index in [4.69, 9.17) is 0 Å². The van der Waals surface area contributed by atoms with Crippen LogP contribution < -0.4 is 15.1 Å². The Morgan fingerprint density at radius 3 is 2.30 bits per heavy atom. The second-order valence-electron chi connectivity index (χ2n) is 8.56. The Kier molecular flexibility index (Phi) is 4.37. The highest BCUT2D eigenvalue weighted by molar-refractivity contribution is 6.07. The third-order valence-electron chi connectivity index (χ3n) is 6.18. The maximum Gasteiger partial charge on any atom is 0.236 e. The number of likely N-dealkylation sites (N-methyl/N-ethyl adjacent to an activating group) is 1. The summed E-state index contributed by atoms with van der Waals surface area (Å²) in [6, 6.07) is 14.9. The summed E-state index contributed by atoms with van der Waals surface area (Å²) in [5.74, 6) is 0.993. The first kappa shape index (κ1) is 17.9. The molecule has 4 heteroatoms. The van der Waals surface area contributed by atoms with Gasteiger partial charge in [-0.05, 0) is 80.6 Å². The summed E-state index contributed by atoms with van der Waals surface area (Å²) in [5, 5.41) is 3.49. The summed E-state index contributed by atoms with van der Waals surface area (Å²) in [6.45, 7) is 8.63. The molecule has 4 nitrogen and oxygen atoms in total. The molecule has 2 aliphatic heterocycles. The Labute approximate surface area is 162 Å². The van der Waals surface area contributed by atoms with Gasteiger partial charge in [0.05, 0.1) is 5.41 Å². The van der Waals surface area contributed by atoms with E-state index in [-0.39, 0.29) is 5.91 Å². The highest BCUT2D eigenvalue weighted by atomic mass is 16.2. The minimum absolute atomic E-state index is 0.148. The molecule has 0 aromatic heterocycles. The molecule has 4 rings (SSSR count). The van der Waals surface area contributed by atoms with Crippen LogP contribution >= 0.6 is 0 Å². The van der Waals surface area contributed by atoms with E-state index in [2.05, 4.69) is 47.5 Å². The zero-order valence-electron chi connectivity index (χ0n) is 16.7. The smallest absolute Gasteiger partial charge is 0.236 e. The number of hydrogen-bond donors (Lipinski definition) is 1. The van der Waals surface area contributed by atoms with Crippen LogP contribution in [0, 0.1) is 5.92 Å². The summed E-state index contributed by atoms with van der Waals surface area (Å²) < 4.78 is 0. The standard InChI is InChI=1S/C23H29N3O/c1-16-11-13-26(14-12-16)19-8-5-17(6-9-19)24-18-7-10-21-20(15-18)23(2,3)22(27)25(21)4/h5-10,15-16,24H,11-14H2,1-4H3. The van der Waals surface area contributed by atoms with Crippen molar-refractivity contribution in [3.63, 3.8) is 0 Å². The third kappa shape index (κ3) is 3.18. The number of benzene rings is 2. The summed E-state index contributed by atoms with van der Waals surface area (Å²) in [5.41, 5.74) is 5.00. The molecule has 1 fully saturated rings. The maximum atomic E-state index is 12.5. The van der Waals surface area contributed by atoms with Crippen molar-refractivity contribution >= 4 is 28.7 Å². The molecular formula is C23H29N3O.